The zero-order valence-electron chi connectivity index (χ0n) is 25.3. The zero-order chi connectivity index (χ0) is 30.2. The van der Waals surface area contributed by atoms with E-state index in [-0.39, 0.29) is 62.4 Å². The Morgan fingerprint density at radius 2 is 1.36 bits per heavy atom. The van der Waals surface area contributed by atoms with Crippen molar-refractivity contribution in [2.24, 2.45) is 0 Å². The molecule has 232 valence electrons. The standard InChI is InChI=1S/C12H11N5O3.C11H11N5O2.C4H8O.Al.Li.4H/c1-19-9(18)6-17-8-5-3-2-4-7(8)14-12(17)10-11(13)16-20-15-10;12-10-9(14-18-15-10)11-13-7-3-1-2-4-8(7)16(11)5-6-17;1-2-4-5-3-1;;;;;;/h2-5H,6H2,1H3,(H2,13,16);1-4,17H,5-6H2,(H2,12,15);1-4H2;;;;;;/q;;;;+1;;;;-1. The minimum atomic E-state index is -0.399. The van der Waals surface area contributed by atoms with Crippen molar-refractivity contribution in [3.8, 4) is 23.0 Å². The molecular weight excluding hydrogens is 594 g/mol. The summed E-state index contributed by atoms with van der Waals surface area (Å²) in [5.41, 5.74) is 15.3. The van der Waals surface area contributed by atoms with Gasteiger partial charge in [-0.2, -0.15) is 0 Å². The molecule has 0 saturated carbocycles. The fourth-order valence-corrected chi connectivity index (χ4v) is 4.40. The van der Waals surface area contributed by atoms with Crippen LogP contribution in [0.1, 0.15) is 14.3 Å². The second-order valence-corrected chi connectivity index (χ2v) is 9.20. The molecule has 6 aromatic rings. The van der Waals surface area contributed by atoms with E-state index in [1.165, 1.54) is 20.0 Å². The molecule has 0 spiro atoms. The van der Waals surface area contributed by atoms with Gasteiger partial charge in [0.2, 0.25) is 0 Å². The number of nitrogen functional groups attached to an aromatic ring is 2. The second-order valence-electron chi connectivity index (χ2n) is 9.20. The molecule has 1 saturated heterocycles. The minimum absolute atomic E-state index is 0. The van der Waals surface area contributed by atoms with Crippen molar-refractivity contribution in [1.82, 2.24) is 39.7 Å². The Morgan fingerprint density at radius 1 is 0.867 bits per heavy atom. The van der Waals surface area contributed by atoms with Crippen LogP contribution >= 0.6 is 0 Å². The van der Waals surface area contributed by atoms with Crippen LogP contribution in [-0.4, -0.2) is 95.1 Å². The topological polar surface area (TPSA) is 221 Å². The van der Waals surface area contributed by atoms with Gasteiger partial charge in [-0.1, -0.05) is 24.3 Å². The molecule has 5 N–H and O–H groups in total. The maximum absolute atomic E-state index is 11.6. The molecule has 1 fully saturated rings. The van der Waals surface area contributed by atoms with E-state index in [1.807, 2.05) is 53.1 Å². The number of esters is 1. The SMILES string of the molecule is C1CCOC1.COC(=O)Cn1c(-c2nonc2N)nc2ccccc21.Nc1nonc1-c1nc2ccccc2n1CCO.[AlH3].[H-].[Li+]. The summed E-state index contributed by atoms with van der Waals surface area (Å²) >= 11 is 0. The molecule has 45 heavy (non-hydrogen) atoms. The first-order chi connectivity index (χ1) is 21.0. The average molecular weight is 629 g/mol. The van der Waals surface area contributed by atoms with E-state index in [4.69, 9.17) is 26.0 Å². The number of carbonyl (C=O) groups is 1. The number of rotatable bonds is 6. The fourth-order valence-electron chi connectivity index (χ4n) is 4.40. The normalized spacial score (nSPS) is 12.0. The van der Waals surface area contributed by atoms with Crippen LogP contribution in [0.15, 0.2) is 57.8 Å². The van der Waals surface area contributed by atoms with Gasteiger partial charge in [0, 0.05) is 19.8 Å². The summed E-state index contributed by atoms with van der Waals surface area (Å²) in [6.07, 6.45) is 2.56. The van der Waals surface area contributed by atoms with Gasteiger partial charge in [0.25, 0.3) is 0 Å². The number of ether oxygens (including phenoxy) is 2. The monoisotopic (exact) mass is 628 g/mol. The van der Waals surface area contributed by atoms with E-state index < -0.39 is 5.97 Å². The van der Waals surface area contributed by atoms with Gasteiger partial charge >= 0.3 is 24.8 Å². The number of nitrogens with zero attached hydrogens (tertiary/aromatic N) is 8. The van der Waals surface area contributed by atoms with Gasteiger partial charge in [0.15, 0.2) is 52.0 Å². The molecule has 0 unspecified atom stereocenters. The molecule has 1 aliphatic rings. The molecule has 5 heterocycles. The van der Waals surface area contributed by atoms with Gasteiger partial charge in [-0.15, -0.1) is 0 Å². The predicted molar refractivity (Wildman–Crippen MR) is 165 cm³/mol. The van der Waals surface area contributed by atoms with Crippen LogP contribution < -0.4 is 30.3 Å². The first kappa shape index (κ1) is 35.3. The smallest absolute Gasteiger partial charge is 1.00 e. The molecule has 1 aliphatic heterocycles. The average Bonchev–Trinajstić information content (AvgIpc) is 3.86. The van der Waals surface area contributed by atoms with Gasteiger partial charge in [0.1, 0.15) is 6.54 Å². The minimum Gasteiger partial charge on any atom is -1.00 e. The number of methoxy groups -OCH3 is 1. The summed E-state index contributed by atoms with van der Waals surface area (Å²) in [4.78, 5) is 20.4. The second kappa shape index (κ2) is 16.7. The van der Waals surface area contributed by atoms with Crippen molar-refractivity contribution < 1.29 is 48.9 Å². The number of para-hydroxylation sites is 4. The number of benzene rings is 2. The number of nitrogens with two attached hydrogens (primary N) is 2. The van der Waals surface area contributed by atoms with Crippen LogP contribution in [0.25, 0.3) is 45.1 Å². The van der Waals surface area contributed by atoms with E-state index in [9.17, 15) is 4.79 Å². The number of anilines is 2. The van der Waals surface area contributed by atoms with Crippen molar-refractivity contribution >= 4 is 57.0 Å². The predicted octanol–water partition coefficient (Wildman–Crippen LogP) is -1.77. The van der Waals surface area contributed by atoms with Crippen molar-refractivity contribution in [1.29, 1.82) is 0 Å². The van der Waals surface area contributed by atoms with Crippen LogP contribution in [0.4, 0.5) is 11.6 Å². The summed E-state index contributed by atoms with van der Waals surface area (Å²) in [6, 6.07) is 15.0. The van der Waals surface area contributed by atoms with Crippen molar-refractivity contribution in [3.05, 3.63) is 48.5 Å². The van der Waals surface area contributed by atoms with E-state index >= 15 is 0 Å². The summed E-state index contributed by atoms with van der Waals surface area (Å²) < 4.78 is 22.3. The Bertz CT molecular complexity index is 1820. The van der Waals surface area contributed by atoms with Crippen LogP contribution in [0.3, 0.4) is 0 Å². The molecular formula is C27H34AlLiN10O6. The van der Waals surface area contributed by atoms with E-state index in [1.54, 1.807) is 4.57 Å². The Labute approximate surface area is 280 Å². The van der Waals surface area contributed by atoms with E-state index in [0.29, 0.717) is 35.1 Å². The van der Waals surface area contributed by atoms with E-state index in [0.717, 1.165) is 29.8 Å². The van der Waals surface area contributed by atoms with Gasteiger partial charge in [-0.05, 0) is 57.7 Å². The van der Waals surface area contributed by atoms with Crippen LogP contribution in [0.2, 0.25) is 0 Å². The molecule has 4 aromatic heterocycles. The molecule has 2 aromatic carbocycles. The molecule has 16 nitrogen and oxygen atoms in total. The Balaban J connectivity index is 0.000000264. The van der Waals surface area contributed by atoms with Gasteiger partial charge < -0.3 is 36.6 Å². The van der Waals surface area contributed by atoms with Crippen molar-refractivity contribution in [2.75, 3.05) is 38.4 Å². The first-order valence-corrected chi connectivity index (χ1v) is 13.3. The summed E-state index contributed by atoms with van der Waals surface area (Å²) in [6.45, 7) is 2.40. The van der Waals surface area contributed by atoms with Crippen molar-refractivity contribution in [3.63, 3.8) is 0 Å². The molecule has 7 rings (SSSR count). The third-order valence-electron chi connectivity index (χ3n) is 6.43. The quantitative estimate of drug-likeness (QED) is 0.137. The fraction of sp³-hybridized carbons (Fsp3) is 0.296. The van der Waals surface area contributed by atoms with Crippen LogP contribution in [0.5, 0.6) is 0 Å². The maximum atomic E-state index is 11.6. The number of carbonyl (C=O) groups excluding carboxylic acids is 1. The maximum Gasteiger partial charge on any atom is 1.00 e. The number of aromatic nitrogens is 8. The van der Waals surface area contributed by atoms with E-state index in [2.05, 4.69) is 39.9 Å². The third kappa shape index (κ3) is 8.09. The Kier molecular flexibility index (Phi) is 13.1. The molecule has 0 amide bonds. The van der Waals surface area contributed by atoms with Gasteiger partial charge in [-0.25, -0.2) is 19.2 Å². The number of fused-ring (bicyclic) bond motifs is 2. The molecule has 0 radical (unpaired) electrons. The zero-order valence-corrected chi connectivity index (χ0v) is 24.3. The third-order valence-corrected chi connectivity index (χ3v) is 6.43. The molecule has 18 heteroatoms. The number of aliphatic hydroxyl groups is 1. The Morgan fingerprint density at radius 3 is 1.78 bits per heavy atom. The van der Waals surface area contributed by atoms with Gasteiger partial charge in [-0.3, -0.25) is 4.79 Å². The van der Waals surface area contributed by atoms with Crippen LogP contribution in [0, 0.1) is 0 Å². The largest absolute Gasteiger partial charge is 1.00 e. The summed E-state index contributed by atoms with van der Waals surface area (Å²) in [7, 11) is 1.33. The summed E-state index contributed by atoms with van der Waals surface area (Å²) in [5, 5.41) is 23.7. The summed E-state index contributed by atoms with van der Waals surface area (Å²) in [5.74, 6) is 0.861. The molecule has 0 bridgehead atoms. The number of imidazole rings is 2. The van der Waals surface area contributed by atoms with Crippen LogP contribution in [-0.2, 0) is 27.4 Å². The number of hydrogen-bond acceptors (Lipinski definition) is 14. The Hall–Kier alpha value is -4.22. The number of hydrogen-bond donors (Lipinski definition) is 3. The molecule has 0 aliphatic carbocycles. The first-order valence-electron chi connectivity index (χ1n) is 13.3. The van der Waals surface area contributed by atoms with Gasteiger partial charge in [0.05, 0.1) is 35.8 Å². The number of aliphatic hydroxyl groups excluding tert-OH is 1. The molecule has 0 atom stereocenters. The van der Waals surface area contributed by atoms with Crippen molar-refractivity contribution in [2.45, 2.75) is 25.9 Å².